The summed E-state index contributed by atoms with van der Waals surface area (Å²) < 4.78 is 1.92. The molecule has 3 amide bonds. The lowest BCUT2D eigenvalue weighted by Crippen LogP contribution is -2.43. The van der Waals surface area contributed by atoms with Crippen LogP contribution in [0.25, 0.3) is 5.69 Å². The van der Waals surface area contributed by atoms with Crippen LogP contribution in [0.4, 0.5) is 4.79 Å². The molecule has 1 atom stereocenters. The van der Waals surface area contributed by atoms with Crippen molar-refractivity contribution in [2.75, 3.05) is 13.1 Å². The van der Waals surface area contributed by atoms with Crippen molar-refractivity contribution in [3.63, 3.8) is 0 Å². The monoisotopic (exact) mass is 389 g/mol. The van der Waals surface area contributed by atoms with Gasteiger partial charge in [-0.3, -0.25) is 4.79 Å². The highest BCUT2D eigenvalue weighted by atomic mass is 16.2. The number of imidazole rings is 1. The predicted molar refractivity (Wildman–Crippen MR) is 109 cm³/mol. The molecule has 148 valence electrons. The van der Waals surface area contributed by atoms with E-state index in [4.69, 9.17) is 0 Å². The largest absolute Gasteiger partial charge is 0.354 e. The zero-order valence-corrected chi connectivity index (χ0v) is 16.0. The van der Waals surface area contributed by atoms with Gasteiger partial charge in [0.15, 0.2) is 0 Å². The van der Waals surface area contributed by atoms with Gasteiger partial charge in [0.05, 0.1) is 24.5 Å². The molecular formula is C22H23N5O2. The lowest BCUT2D eigenvalue weighted by atomic mass is 10.0. The standard InChI is InChI=1S/C22H23N5O2/c28-21-14-20(17-6-2-1-3-7-17)27(13-11-24-21)22(29)25-15-18-8-4-5-9-19(18)26-12-10-23-16-26/h1-10,12,16,20H,11,13-15H2,(H,24,28)(H,25,29). The van der Waals surface area contributed by atoms with Gasteiger partial charge in [-0.25, -0.2) is 9.78 Å². The summed E-state index contributed by atoms with van der Waals surface area (Å²) in [5.74, 6) is -0.0420. The van der Waals surface area contributed by atoms with E-state index in [9.17, 15) is 9.59 Å². The predicted octanol–water partition coefficient (Wildman–Crippen LogP) is 2.65. The fourth-order valence-electron chi connectivity index (χ4n) is 3.63. The van der Waals surface area contributed by atoms with Crippen LogP contribution in [0.3, 0.4) is 0 Å². The molecule has 1 unspecified atom stereocenters. The highest BCUT2D eigenvalue weighted by Crippen LogP contribution is 2.26. The summed E-state index contributed by atoms with van der Waals surface area (Å²) in [5.41, 5.74) is 2.91. The summed E-state index contributed by atoms with van der Waals surface area (Å²) in [5, 5.41) is 5.89. The van der Waals surface area contributed by atoms with Crippen molar-refractivity contribution < 1.29 is 9.59 Å². The number of rotatable bonds is 4. The quantitative estimate of drug-likeness (QED) is 0.720. The summed E-state index contributed by atoms with van der Waals surface area (Å²) in [4.78, 5) is 31.0. The van der Waals surface area contributed by atoms with E-state index in [0.717, 1.165) is 16.8 Å². The second-order valence-corrected chi connectivity index (χ2v) is 6.93. The van der Waals surface area contributed by atoms with Gasteiger partial charge in [-0.2, -0.15) is 0 Å². The number of hydrogen-bond donors (Lipinski definition) is 2. The maximum atomic E-state index is 13.1. The number of aromatic nitrogens is 2. The van der Waals surface area contributed by atoms with E-state index >= 15 is 0 Å². The Bertz CT molecular complexity index is 972. The van der Waals surface area contributed by atoms with Crippen LogP contribution >= 0.6 is 0 Å². The number of para-hydroxylation sites is 1. The van der Waals surface area contributed by atoms with Gasteiger partial charge < -0.3 is 20.1 Å². The van der Waals surface area contributed by atoms with Crippen LogP contribution in [0.1, 0.15) is 23.6 Å². The Kier molecular flexibility index (Phi) is 5.56. The zero-order valence-electron chi connectivity index (χ0n) is 16.0. The number of nitrogens with one attached hydrogen (secondary N) is 2. The number of benzene rings is 2. The Morgan fingerprint density at radius 2 is 1.93 bits per heavy atom. The van der Waals surface area contributed by atoms with Crippen LogP contribution in [-0.4, -0.2) is 39.5 Å². The Balaban J connectivity index is 1.52. The molecule has 4 rings (SSSR count). The molecule has 2 N–H and O–H groups in total. The molecule has 7 heteroatoms. The van der Waals surface area contributed by atoms with Crippen molar-refractivity contribution in [1.82, 2.24) is 25.1 Å². The van der Waals surface area contributed by atoms with Crippen LogP contribution in [0.5, 0.6) is 0 Å². The number of urea groups is 1. The highest BCUT2D eigenvalue weighted by Gasteiger charge is 2.29. The zero-order chi connectivity index (χ0) is 20.1. The maximum absolute atomic E-state index is 13.1. The first-order valence-corrected chi connectivity index (χ1v) is 9.65. The summed E-state index contributed by atoms with van der Waals surface area (Å²) >= 11 is 0. The molecular weight excluding hydrogens is 366 g/mol. The summed E-state index contributed by atoms with van der Waals surface area (Å²) in [6, 6.07) is 17.1. The molecule has 1 aliphatic heterocycles. The number of amides is 3. The van der Waals surface area contributed by atoms with E-state index in [1.54, 1.807) is 17.4 Å². The topological polar surface area (TPSA) is 79.3 Å². The molecule has 0 aliphatic carbocycles. The first-order chi connectivity index (χ1) is 14.2. The van der Waals surface area contributed by atoms with Gasteiger partial charge in [0, 0.05) is 32.0 Å². The smallest absolute Gasteiger partial charge is 0.318 e. The minimum atomic E-state index is -0.289. The molecule has 29 heavy (non-hydrogen) atoms. The van der Waals surface area contributed by atoms with Gasteiger partial charge in [0.1, 0.15) is 0 Å². The van der Waals surface area contributed by atoms with Crippen LogP contribution in [0.2, 0.25) is 0 Å². The molecule has 2 heterocycles. The Hall–Kier alpha value is -3.61. The molecule has 0 bridgehead atoms. The molecule has 2 aromatic carbocycles. The average molecular weight is 389 g/mol. The van der Waals surface area contributed by atoms with Gasteiger partial charge in [-0.05, 0) is 17.2 Å². The highest BCUT2D eigenvalue weighted by molar-refractivity contribution is 5.80. The Morgan fingerprint density at radius 1 is 1.14 bits per heavy atom. The second kappa shape index (κ2) is 8.60. The Morgan fingerprint density at radius 3 is 2.72 bits per heavy atom. The molecule has 1 aliphatic rings. The average Bonchev–Trinajstić information content (AvgIpc) is 3.22. The Labute approximate surface area is 169 Å². The number of carbonyl (C=O) groups is 2. The van der Waals surface area contributed by atoms with E-state index in [1.807, 2.05) is 65.4 Å². The fraction of sp³-hybridized carbons (Fsp3) is 0.227. The molecule has 0 spiro atoms. The van der Waals surface area contributed by atoms with Crippen molar-refractivity contribution >= 4 is 11.9 Å². The van der Waals surface area contributed by atoms with Gasteiger partial charge >= 0.3 is 6.03 Å². The van der Waals surface area contributed by atoms with E-state index < -0.39 is 0 Å². The van der Waals surface area contributed by atoms with Gasteiger partial charge in [-0.15, -0.1) is 0 Å². The molecule has 1 aromatic heterocycles. The minimum absolute atomic E-state index is 0.0420. The van der Waals surface area contributed by atoms with Gasteiger partial charge in [0.2, 0.25) is 5.91 Å². The van der Waals surface area contributed by atoms with E-state index in [0.29, 0.717) is 19.6 Å². The summed E-state index contributed by atoms with van der Waals surface area (Å²) in [6.07, 6.45) is 5.58. The SMILES string of the molecule is O=C1CC(c2ccccc2)N(C(=O)NCc2ccccc2-n2ccnc2)CCN1. The summed E-state index contributed by atoms with van der Waals surface area (Å²) in [6.45, 7) is 1.29. The van der Waals surface area contributed by atoms with Crippen molar-refractivity contribution in [2.45, 2.75) is 19.0 Å². The normalized spacial score (nSPS) is 16.8. The molecule has 0 saturated carbocycles. The lowest BCUT2D eigenvalue weighted by Gasteiger charge is -2.29. The molecule has 7 nitrogen and oxygen atoms in total. The number of nitrogens with zero attached hydrogens (tertiary/aromatic N) is 3. The fourth-order valence-corrected chi connectivity index (χ4v) is 3.63. The summed E-state index contributed by atoms with van der Waals surface area (Å²) in [7, 11) is 0. The number of carbonyl (C=O) groups excluding carboxylic acids is 2. The molecule has 3 aromatic rings. The van der Waals surface area contributed by atoms with Crippen molar-refractivity contribution in [2.24, 2.45) is 0 Å². The molecule has 1 fully saturated rings. The van der Waals surface area contributed by atoms with Crippen LogP contribution in [-0.2, 0) is 11.3 Å². The number of hydrogen-bond acceptors (Lipinski definition) is 3. The third kappa shape index (κ3) is 4.29. The van der Waals surface area contributed by atoms with Crippen LogP contribution in [0.15, 0.2) is 73.3 Å². The van der Waals surface area contributed by atoms with E-state index in [-0.39, 0.29) is 24.4 Å². The first kappa shape index (κ1) is 18.7. The van der Waals surface area contributed by atoms with Crippen molar-refractivity contribution in [1.29, 1.82) is 0 Å². The molecule has 0 radical (unpaired) electrons. The van der Waals surface area contributed by atoms with Crippen molar-refractivity contribution in [3.05, 3.63) is 84.4 Å². The molecule has 1 saturated heterocycles. The van der Waals surface area contributed by atoms with Crippen LogP contribution < -0.4 is 10.6 Å². The van der Waals surface area contributed by atoms with Gasteiger partial charge in [0.25, 0.3) is 0 Å². The van der Waals surface area contributed by atoms with E-state index in [1.165, 1.54) is 0 Å². The van der Waals surface area contributed by atoms with Crippen molar-refractivity contribution in [3.8, 4) is 5.69 Å². The van der Waals surface area contributed by atoms with E-state index in [2.05, 4.69) is 15.6 Å². The third-order valence-electron chi connectivity index (χ3n) is 5.08. The van der Waals surface area contributed by atoms with Gasteiger partial charge in [-0.1, -0.05) is 48.5 Å². The maximum Gasteiger partial charge on any atom is 0.318 e. The first-order valence-electron chi connectivity index (χ1n) is 9.65. The third-order valence-corrected chi connectivity index (χ3v) is 5.08. The lowest BCUT2D eigenvalue weighted by molar-refractivity contribution is -0.121. The van der Waals surface area contributed by atoms with Crippen LogP contribution in [0, 0.1) is 0 Å². The minimum Gasteiger partial charge on any atom is -0.354 e. The second-order valence-electron chi connectivity index (χ2n) is 6.93.